The van der Waals surface area contributed by atoms with Crippen LogP contribution in [0.1, 0.15) is 53.9 Å². The zero-order valence-electron chi connectivity index (χ0n) is 10.3. The molecule has 14 heavy (non-hydrogen) atoms. The molecular weight excluding hydrogens is 174 g/mol. The van der Waals surface area contributed by atoms with Crippen LogP contribution in [0.25, 0.3) is 0 Å². The van der Waals surface area contributed by atoms with Gasteiger partial charge in [-0.1, -0.05) is 20.8 Å². The molecule has 0 bridgehead atoms. The molecule has 0 N–H and O–H groups in total. The lowest BCUT2D eigenvalue weighted by Crippen LogP contribution is -2.37. The summed E-state index contributed by atoms with van der Waals surface area (Å²) in [6, 6.07) is 0.342. The monoisotopic (exact) mass is 199 g/mol. The summed E-state index contributed by atoms with van der Waals surface area (Å²) in [7, 11) is 0. The van der Waals surface area contributed by atoms with E-state index in [4.69, 9.17) is 0 Å². The lowest BCUT2D eigenvalue weighted by Gasteiger charge is -2.26. The fraction of sp³-hybridized carbons (Fsp3) is 0.917. The van der Waals surface area contributed by atoms with Crippen LogP contribution in [0.2, 0.25) is 0 Å². The molecule has 0 aromatic carbocycles. The van der Waals surface area contributed by atoms with Crippen molar-refractivity contribution in [2.24, 2.45) is 5.92 Å². The van der Waals surface area contributed by atoms with E-state index < -0.39 is 0 Å². The SMILES string of the molecule is CCC(=O)N(CCCC(C)C)C(C)C. The average molecular weight is 199 g/mol. The molecule has 0 fully saturated rings. The van der Waals surface area contributed by atoms with Gasteiger partial charge in [0.1, 0.15) is 0 Å². The highest BCUT2D eigenvalue weighted by Gasteiger charge is 2.14. The minimum Gasteiger partial charge on any atom is -0.340 e. The number of carbonyl (C=O) groups excluding carboxylic acids is 1. The Hall–Kier alpha value is -0.530. The van der Waals surface area contributed by atoms with Gasteiger partial charge in [-0.3, -0.25) is 4.79 Å². The lowest BCUT2D eigenvalue weighted by atomic mass is 10.1. The van der Waals surface area contributed by atoms with E-state index in [9.17, 15) is 4.79 Å². The molecule has 84 valence electrons. The van der Waals surface area contributed by atoms with Gasteiger partial charge in [-0.25, -0.2) is 0 Å². The molecular formula is C12H25NO. The summed E-state index contributed by atoms with van der Waals surface area (Å²) in [6.45, 7) is 11.5. The first-order chi connectivity index (χ1) is 6.49. The maximum absolute atomic E-state index is 11.6. The van der Waals surface area contributed by atoms with Crippen LogP contribution in [-0.2, 0) is 4.79 Å². The van der Waals surface area contributed by atoms with E-state index in [1.54, 1.807) is 0 Å². The van der Waals surface area contributed by atoms with E-state index in [-0.39, 0.29) is 5.91 Å². The Kier molecular flexibility index (Phi) is 6.60. The largest absolute Gasteiger partial charge is 0.340 e. The molecule has 0 aliphatic heterocycles. The van der Waals surface area contributed by atoms with Gasteiger partial charge in [-0.15, -0.1) is 0 Å². The Labute approximate surface area is 88.7 Å². The van der Waals surface area contributed by atoms with Crippen molar-refractivity contribution in [3.63, 3.8) is 0 Å². The van der Waals surface area contributed by atoms with Crippen molar-refractivity contribution in [1.82, 2.24) is 4.90 Å². The number of hydrogen-bond acceptors (Lipinski definition) is 1. The number of nitrogens with zero attached hydrogens (tertiary/aromatic N) is 1. The van der Waals surface area contributed by atoms with Crippen LogP contribution in [-0.4, -0.2) is 23.4 Å². The quantitative estimate of drug-likeness (QED) is 0.644. The highest BCUT2D eigenvalue weighted by molar-refractivity contribution is 5.76. The van der Waals surface area contributed by atoms with E-state index in [1.165, 1.54) is 6.42 Å². The summed E-state index contributed by atoms with van der Waals surface area (Å²) < 4.78 is 0. The second-order valence-electron chi connectivity index (χ2n) is 4.57. The molecule has 2 nitrogen and oxygen atoms in total. The van der Waals surface area contributed by atoms with Crippen molar-refractivity contribution >= 4 is 5.91 Å². The normalized spacial score (nSPS) is 11.1. The molecule has 2 heteroatoms. The summed E-state index contributed by atoms with van der Waals surface area (Å²) in [5.74, 6) is 1.02. The predicted molar refractivity (Wildman–Crippen MR) is 61.2 cm³/mol. The molecule has 0 saturated heterocycles. The number of hydrogen-bond donors (Lipinski definition) is 0. The molecule has 1 amide bonds. The average Bonchev–Trinajstić information content (AvgIpc) is 2.10. The highest BCUT2D eigenvalue weighted by atomic mass is 16.2. The fourth-order valence-corrected chi connectivity index (χ4v) is 1.54. The van der Waals surface area contributed by atoms with Crippen molar-refractivity contribution in [3.8, 4) is 0 Å². The summed E-state index contributed by atoms with van der Waals surface area (Å²) in [6.07, 6.45) is 2.96. The molecule has 0 aromatic rings. The molecule has 0 spiro atoms. The Balaban J connectivity index is 3.92. The number of amides is 1. The van der Waals surface area contributed by atoms with Gasteiger partial charge in [0.15, 0.2) is 0 Å². The summed E-state index contributed by atoms with van der Waals surface area (Å²) in [5.41, 5.74) is 0. The molecule has 0 aromatic heterocycles. The molecule has 0 atom stereocenters. The van der Waals surface area contributed by atoms with Crippen LogP contribution in [0, 0.1) is 5.92 Å². The van der Waals surface area contributed by atoms with Gasteiger partial charge < -0.3 is 4.90 Å². The molecule has 0 unspecified atom stereocenters. The Morgan fingerprint density at radius 2 is 1.79 bits per heavy atom. The third-order valence-electron chi connectivity index (χ3n) is 2.43. The Morgan fingerprint density at radius 1 is 1.21 bits per heavy atom. The van der Waals surface area contributed by atoms with Crippen molar-refractivity contribution in [2.45, 2.75) is 59.9 Å². The van der Waals surface area contributed by atoms with Crippen LogP contribution >= 0.6 is 0 Å². The van der Waals surface area contributed by atoms with Crippen LogP contribution in [0.5, 0.6) is 0 Å². The standard InChI is InChI=1S/C12H25NO/c1-6-12(14)13(11(4)5)9-7-8-10(2)3/h10-11H,6-9H2,1-5H3. The van der Waals surface area contributed by atoms with E-state index in [0.717, 1.165) is 18.9 Å². The van der Waals surface area contributed by atoms with Gasteiger partial charge in [0.05, 0.1) is 0 Å². The molecule has 0 aliphatic rings. The van der Waals surface area contributed by atoms with E-state index in [1.807, 2.05) is 11.8 Å². The maximum Gasteiger partial charge on any atom is 0.222 e. The third-order valence-corrected chi connectivity index (χ3v) is 2.43. The number of rotatable bonds is 6. The first-order valence-corrected chi connectivity index (χ1v) is 5.78. The van der Waals surface area contributed by atoms with Gasteiger partial charge in [-0.05, 0) is 32.6 Å². The first kappa shape index (κ1) is 13.5. The summed E-state index contributed by atoms with van der Waals surface area (Å²) in [4.78, 5) is 13.5. The predicted octanol–water partition coefficient (Wildman–Crippen LogP) is 3.07. The van der Waals surface area contributed by atoms with Gasteiger partial charge in [0, 0.05) is 19.0 Å². The second-order valence-corrected chi connectivity index (χ2v) is 4.57. The molecule has 0 rings (SSSR count). The molecule has 0 radical (unpaired) electrons. The lowest BCUT2D eigenvalue weighted by molar-refractivity contribution is -0.132. The Morgan fingerprint density at radius 3 is 2.14 bits per heavy atom. The van der Waals surface area contributed by atoms with E-state index >= 15 is 0 Å². The second kappa shape index (κ2) is 6.86. The topological polar surface area (TPSA) is 20.3 Å². The van der Waals surface area contributed by atoms with Gasteiger partial charge in [0.2, 0.25) is 5.91 Å². The fourth-order valence-electron chi connectivity index (χ4n) is 1.54. The minimum atomic E-state index is 0.281. The van der Waals surface area contributed by atoms with Crippen LogP contribution in [0.15, 0.2) is 0 Å². The van der Waals surface area contributed by atoms with Crippen molar-refractivity contribution in [3.05, 3.63) is 0 Å². The molecule has 0 saturated carbocycles. The summed E-state index contributed by atoms with van der Waals surface area (Å²) in [5, 5.41) is 0. The van der Waals surface area contributed by atoms with Gasteiger partial charge in [-0.2, -0.15) is 0 Å². The third kappa shape index (κ3) is 5.25. The smallest absolute Gasteiger partial charge is 0.222 e. The van der Waals surface area contributed by atoms with Gasteiger partial charge >= 0.3 is 0 Å². The summed E-state index contributed by atoms with van der Waals surface area (Å²) >= 11 is 0. The minimum absolute atomic E-state index is 0.281. The van der Waals surface area contributed by atoms with E-state index in [0.29, 0.717) is 12.5 Å². The first-order valence-electron chi connectivity index (χ1n) is 5.78. The zero-order chi connectivity index (χ0) is 11.1. The molecule has 0 aliphatic carbocycles. The van der Waals surface area contributed by atoms with Crippen LogP contribution in [0.3, 0.4) is 0 Å². The van der Waals surface area contributed by atoms with Crippen molar-refractivity contribution in [2.75, 3.05) is 6.54 Å². The molecule has 0 heterocycles. The van der Waals surface area contributed by atoms with Crippen LogP contribution in [0.4, 0.5) is 0 Å². The maximum atomic E-state index is 11.6. The number of carbonyl (C=O) groups is 1. The van der Waals surface area contributed by atoms with Crippen LogP contribution < -0.4 is 0 Å². The van der Waals surface area contributed by atoms with Gasteiger partial charge in [0.25, 0.3) is 0 Å². The van der Waals surface area contributed by atoms with E-state index in [2.05, 4.69) is 27.7 Å². The highest BCUT2D eigenvalue weighted by Crippen LogP contribution is 2.08. The van der Waals surface area contributed by atoms with Crippen molar-refractivity contribution < 1.29 is 4.79 Å². The zero-order valence-corrected chi connectivity index (χ0v) is 10.3. The van der Waals surface area contributed by atoms with Crippen molar-refractivity contribution in [1.29, 1.82) is 0 Å². The Bertz CT molecular complexity index is 164.